The van der Waals surface area contributed by atoms with Crippen molar-refractivity contribution < 1.29 is 35.5 Å². The van der Waals surface area contributed by atoms with Gasteiger partial charge in [-0.15, -0.1) is 0 Å². The second-order valence-electron chi connectivity index (χ2n) is 5.89. The standard InChI is InChI=1S/C17H13F6NO3/c18-16(19,20)11-5-10(6-12(7-11)17(21,22)23)14-8-13(25)9-15(27-14)24-1-3-26-4-2-24/h5-9H,1-4H2. The van der Waals surface area contributed by atoms with Gasteiger partial charge >= 0.3 is 12.4 Å². The molecule has 2 aromatic rings. The van der Waals surface area contributed by atoms with Crippen molar-refractivity contribution in [3.05, 3.63) is 51.7 Å². The highest BCUT2D eigenvalue weighted by Crippen LogP contribution is 2.38. The predicted molar refractivity (Wildman–Crippen MR) is 83.5 cm³/mol. The highest BCUT2D eigenvalue weighted by atomic mass is 19.4. The smallest absolute Gasteiger partial charge is 0.416 e. The molecule has 1 aliphatic heterocycles. The first-order chi connectivity index (χ1) is 12.5. The maximum atomic E-state index is 13.0. The Morgan fingerprint density at radius 3 is 1.89 bits per heavy atom. The molecular weight excluding hydrogens is 380 g/mol. The zero-order chi connectivity index (χ0) is 19.8. The Hall–Kier alpha value is -2.49. The minimum absolute atomic E-state index is 0.0213. The number of alkyl halides is 6. The number of rotatable bonds is 2. The van der Waals surface area contributed by atoms with E-state index >= 15 is 0 Å². The van der Waals surface area contributed by atoms with Crippen LogP contribution in [0.15, 0.2) is 39.5 Å². The quantitative estimate of drug-likeness (QED) is 0.718. The topological polar surface area (TPSA) is 42.7 Å². The Balaban J connectivity index is 2.12. The van der Waals surface area contributed by atoms with Crippen LogP contribution in [-0.4, -0.2) is 26.3 Å². The molecule has 1 fully saturated rings. The first-order valence-corrected chi connectivity index (χ1v) is 7.82. The average Bonchev–Trinajstić information content (AvgIpc) is 2.60. The summed E-state index contributed by atoms with van der Waals surface area (Å²) in [5.41, 5.74) is -4.04. The molecule has 0 aliphatic carbocycles. The summed E-state index contributed by atoms with van der Waals surface area (Å²) in [6.07, 6.45) is -9.98. The van der Waals surface area contributed by atoms with Gasteiger partial charge in [-0.3, -0.25) is 4.79 Å². The van der Waals surface area contributed by atoms with Gasteiger partial charge < -0.3 is 14.1 Å². The van der Waals surface area contributed by atoms with E-state index in [9.17, 15) is 31.1 Å². The van der Waals surface area contributed by atoms with Crippen molar-refractivity contribution >= 4 is 5.88 Å². The van der Waals surface area contributed by atoms with Gasteiger partial charge in [-0.2, -0.15) is 26.3 Å². The van der Waals surface area contributed by atoms with Gasteiger partial charge in [0.1, 0.15) is 5.76 Å². The van der Waals surface area contributed by atoms with Crippen LogP contribution in [0.3, 0.4) is 0 Å². The molecule has 1 aromatic carbocycles. The Morgan fingerprint density at radius 2 is 1.37 bits per heavy atom. The summed E-state index contributed by atoms with van der Waals surface area (Å²) < 4.78 is 88.7. The molecule has 1 aromatic heterocycles. The number of hydrogen-bond donors (Lipinski definition) is 0. The van der Waals surface area contributed by atoms with Gasteiger partial charge in [-0.25, -0.2) is 0 Å². The van der Waals surface area contributed by atoms with E-state index in [0.29, 0.717) is 38.4 Å². The van der Waals surface area contributed by atoms with Gasteiger partial charge in [0, 0.05) is 30.8 Å². The van der Waals surface area contributed by atoms with Crippen molar-refractivity contribution in [3.8, 4) is 11.3 Å². The normalized spacial score (nSPS) is 15.9. The van der Waals surface area contributed by atoms with Crippen molar-refractivity contribution in [2.24, 2.45) is 0 Å². The molecule has 2 heterocycles. The molecule has 0 atom stereocenters. The fraction of sp³-hybridized carbons (Fsp3) is 0.353. The number of ether oxygens (including phenoxy) is 1. The van der Waals surface area contributed by atoms with Gasteiger partial charge in [-0.05, 0) is 18.2 Å². The summed E-state index contributed by atoms with van der Waals surface area (Å²) in [6.45, 7) is 1.47. The largest absolute Gasteiger partial charge is 0.440 e. The monoisotopic (exact) mass is 393 g/mol. The number of benzene rings is 1. The summed E-state index contributed by atoms with van der Waals surface area (Å²) in [7, 11) is 0. The van der Waals surface area contributed by atoms with Crippen molar-refractivity contribution in [1.82, 2.24) is 0 Å². The van der Waals surface area contributed by atoms with Crippen LogP contribution in [0.4, 0.5) is 32.2 Å². The second kappa shape index (κ2) is 6.91. The maximum Gasteiger partial charge on any atom is 0.416 e. The summed E-state index contributed by atoms with van der Waals surface area (Å²) in [5.74, 6) is -0.313. The van der Waals surface area contributed by atoms with E-state index in [4.69, 9.17) is 9.15 Å². The average molecular weight is 393 g/mol. The van der Waals surface area contributed by atoms with Crippen LogP contribution >= 0.6 is 0 Å². The molecule has 0 N–H and O–H groups in total. The van der Waals surface area contributed by atoms with E-state index in [2.05, 4.69) is 0 Å². The molecule has 4 nitrogen and oxygen atoms in total. The van der Waals surface area contributed by atoms with Crippen LogP contribution < -0.4 is 10.3 Å². The Labute approximate surface area is 149 Å². The van der Waals surface area contributed by atoms with Crippen molar-refractivity contribution in [2.75, 3.05) is 31.2 Å². The Kier molecular flexibility index (Phi) is 4.94. The molecule has 0 spiro atoms. The first kappa shape index (κ1) is 19.3. The molecule has 0 saturated carbocycles. The van der Waals surface area contributed by atoms with E-state index in [1.165, 1.54) is 0 Å². The van der Waals surface area contributed by atoms with E-state index in [0.717, 1.165) is 12.1 Å². The van der Waals surface area contributed by atoms with E-state index in [1.54, 1.807) is 4.90 Å². The fourth-order valence-corrected chi connectivity index (χ4v) is 2.64. The van der Waals surface area contributed by atoms with E-state index < -0.39 is 34.5 Å². The number of nitrogens with zero attached hydrogens (tertiary/aromatic N) is 1. The molecule has 1 saturated heterocycles. The molecule has 1 aliphatic rings. The summed E-state index contributed by atoms with van der Waals surface area (Å²) in [6, 6.07) is 3.06. The van der Waals surface area contributed by atoms with Gasteiger partial charge in [0.2, 0.25) is 0 Å². The molecule has 10 heteroatoms. The third-order valence-electron chi connectivity index (χ3n) is 3.95. The zero-order valence-corrected chi connectivity index (χ0v) is 13.7. The van der Waals surface area contributed by atoms with Crippen molar-refractivity contribution in [3.63, 3.8) is 0 Å². The van der Waals surface area contributed by atoms with E-state index in [1.807, 2.05) is 0 Å². The van der Waals surface area contributed by atoms with Crippen LogP contribution in [0, 0.1) is 0 Å². The highest BCUT2D eigenvalue weighted by Gasteiger charge is 2.37. The van der Waals surface area contributed by atoms with Crippen LogP contribution in [-0.2, 0) is 17.1 Å². The molecule has 0 unspecified atom stereocenters. The lowest BCUT2D eigenvalue weighted by Gasteiger charge is -2.27. The third-order valence-corrected chi connectivity index (χ3v) is 3.95. The third kappa shape index (κ3) is 4.44. The lowest BCUT2D eigenvalue weighted by molar-refractivity contribution is -0.143. The fourth-order valence-electron chi connectivity index (χ4n) is 2.64. The SMILES string of the molecule is O=c1cc(-c2cc(C(F)(F)F)cc(C(F)(F)F)c2)oc(N2CCOCC2)c1. The van der Waals surface area contributed by atoms with Crippen LogP contribution in [0.2, 0.25) is 0 Å². The van der Waals surface area contributed by atoms with Crippen LogP contribution in [0.25, 0.3) is 11.3 Å². The van der Waals surface area contributed by atoms with Crippen molar-refractivity contribution in [1.29, 1.82) is 0 Å². The van der Waals surface area contributed by atoms with Gasteiger partial charge in [0.15, 0.2) is 11.3 Å². The van der Waals surface area contributed by atoms with E-state index in [-0.39, 0.29) is 17.7 Å². The summed E-state index contributed by atoms with van der Waals surface area (Å²) in [4.78, 5) is 13.6. The van der Waals surface area contributed by atoms with Crippen molar-refractivity contribution in [2.45, 2.75) is 12.4 Å². The number of hydrogen-bond acceptors (Lipinski definition) is 4. The molecule has 0 radical (unpaired) electrons. The zero-order valence-electron chi connectivity index (χ0n) is 13.7. The number of anilines is 1. The summed E-state index contributed by atoms with van der Waals surface area (Å²) >= 11 is 0. The van der Waals surface area contributed by atoms with Gasteiger partial charge in [0.05, 0.1) is 24.3 Å². The van der Waals surface area contributed by atoms with Crippen LogP contribution in [0.1, 0.15) is 11.1 Å². The first-order valence-electron chi connectivity index (χ1n) is 7.82. The van der Waals surface area contributed by atoms with Gasteiger partial charge in [0.25, 0.3) is 0 Å². The minimum atomic E-state index is -4.99. The van der Waals surface area contributed by atoms with Gasteiger partial charge in [-0.1, -0.05) is 0 Å². The molecule has 0 amide bonds. The molecule has 146 valence electrons. The van der Waals surface area contributed by atoms with Crippen LogP contribution in [0.5, 0.6) is 0 Å². The molecule has 0 bridgehead atoms. The number of halogens is 6. The predicted octanol–water partition coefficient (Wildman–Crippen LogP) is 4.18. The summed E-state index contributed by atoms with van der Waals surface area (Å²) in [5, 5.41) is 0. The second-order valence-corrected chi connectivity index (χ2v) is 5.89. The number of morpholine rings is 1. The molecule has 3 rings (SSSR count). The highest BCUT2D eigenvalue weighted by molar-refractivity contribution is 5.61. The lowest BCUT2D eigenvalue weighted by Crippen LogP contribution is -2.36. The lowest BCUT2D eigenvalue weighted by atomic mass is 10.0. The Morgan fingerprint density at radius 1 is 0.815 bits per heavy atom. The molecular formula is C17H13F6NO3. The minimum Gasteiger partial charge on any atom is -0.440 e. The maximum absolute atomic E-state index is 13.0. The molecule has 27 heavy (non-hydrogen) atoms. The Bertz CT molecular complexity index is 849.